The van der Waals surface area contributed by atoms with Gasteiger partial charge in [-0.25, -0.2) is 0 Å². The van der Waals surface area contributed by atoms with Gasteiger partial charge in [0.25, 0.3) is 0 Å². The smallest absolute Gasteiger partial charge is 0.305 e. The average Bonchev–Trinajstić information content (AvgIpc) is 3.33. The molecule has 1 N–H and O–H groups in total. The van der Waals surface area contributed by atoms with E-state index >= 15 is 0 Å². The summed E-state index contributed by atoms with van der Waals surface area (Å²) in [6.07, 6.45) is 10.7. The lowest BCUT2D eigenvalue weighted by Gasteiger charge is -2.19. The minimum atomic E-state index is -0.231. The Hall–Kier alpha value is -3.54. The van der Waals surface area contributed by atoms with Crippen LogP contribution in [0.25, 0.3) is 16.5 Å². The first kappa shape index (κ1) is 29.0. The molecule has 1 aromatic heterocycles. The second kappa shape index (κ2) is 15.0. The Bertz CT molecular complexity index is 1230. The van der Waals surface area contributed by atoms with Crippen molar-refractivity contribution in [3.63, 3.8) is 0 Å². The van der Waals surface area contributed by atoms with Crippen LogP contribution in [0.3, 0.4) is 0 Å². The average molecular weight is 519 g/mol. The van der Waals surface area contributed by atoms with Crippen LogP contribution >= 0.6 is 0 Å². The minimum absolute atomic E-state index is 0.217. The number of benzene rings is 2. The number of hydrogen-bond acceptors (Lipinski definition) is 4. The van der Waals surface area contributed by atoms with Crippen molar-refractivity contribution in [2.24, 2.45) is 0 Å². The van der Waals surface area contributed by atoms with Crippen molar-refractivity contribution in [1.82, 2.24) is 4.57 Å². The molecule has 0 saturated heterocycles. The quantitative estimate of drug-likeness (QED) is 0.126. The van der Waals surface area contributed by atoms with E-state index in [1.165, 1.54) is 43.0 Å². The molecular weight excluding hydrogens is 476 g/mol. The van der Waals surface area contributed by atoms with E-state index in [9.17, 15) is 9.59 Å². The summed E-state index contributed by atoms with van der Waals surface area (Å²) in [4.78, 5) is 24.4. The van der Waals surface area contributed by atoms with Crippen molar-refractivity contribution in [3.05, 3.63) is 66.4 Å². The number of amides is 1. The molecule has 0 aliphatic carbocycles. The molecule has 0 aliphatic rings. The summed E-state index contributed by atoms with van der Waals surface area (Å²) in [5, 5.41) is 4.12. The molecule has 6 heteroatoms. The number of fused-ring (bicyclic) bond motifs is 1. The Morgan fingerprint density at radius 2 is 1.82 bits per heavy atom. The first-order chi connectivity index (χ1) is 18.5. The number of para-hydroxylation sites is 2. The predicted octanol–water partition coefficient (Wildman–Crippen LogP) is 7.94. The zero-order chi connectivity index (χ0) is 27.3. The monoisotopic (exact) mass is 518 g/mol. The number of nitrogens with zero attached hydrogens (tertiary/aromatic N) is 1. The second-order valence-corrected chi connectivity index (χ2v) is 9.65. The third-order valence-electron chi connectivity index (χ3n) is 6.66. The van der Waals surface area contributed by atoms with Gasteiger partial charge in [0.1, 0.15) is 5.75 Å². The van der Waals surface area contributed by atoms with Crippen LogP contribution in [0.5, 0.6) is 5.75 Å². The predicted molar refractivity (Wildman–Crippen MR) is 155 cm³/mol. The third kappa shape index (κ3) is 8.23. The first-order valence-corrected chi connectivity index (χ1v) is 13.9. The molecule has 0 aliphatic heterocycles. The highest BCUT2D eigenvalue weighted by atomic mass is 16.5. The number of unbranched alkanes of at least 4 members (excludes halogenated alkanes) is 1. The lowest BCUT2D eigenvalue weighted by atomic mass is 10.0. The Morgan fingerprint density at radius 1 is 1.00 bits per heavy atom. The maximum Gasteiger partial charge on any atom is 0.305 e. The minimum Gasteiger partial charge on any atom is -0.491 e. The van der Waals surface area contributed by atoms with Gasteiger partial charge in [-0.05, 0) is 74.6 Å². The fraction of sp³-hybridized carbons (Fsp3) is 0.438. The van der Waals surface area contributed by atoms with Crippen LogP contribution in [0.2, 0.25) is 0 Å². The van der Waals surface area contributed by atoms with Gasteiger partial charge in [-0.2, -0.15) is 0 Å². The van der Waals surface area contributed by atoms with E-state index in [0.717, 1.165) is 11.1 Å². The molecule has 1 heterocycles. The van der Waals surface area contributed by atoms with Crippen LogP contribution < -0.4 is 10.1 Å². The van der Waals surface area contributed by atoms with Gasteiger partial charge in [0, 0.05) is 35.6 Å². The van der Waals surface area contributed by atoms with Crippen molar-refractivity contribution < 1.29 is 19.1 Å². The summed E-state index contributed by atoms with van der Waals surface area (Å²) in [6, 6.07) is 16.5. The van der Waals surface area contributed by atoms with Gasteiger partial charge in [0.05, 0.1) is 18.9 Å². The molecule has 3 aromatic rings. The van der Waals surface area contributed by atoms with Crippen molar-refractivity contribution >= 4 is 34.0 Å². The number of aromatic nitrogens is 1. The normalized spacial score (nSPS) is 12.4. The van der Waals surface area contributed by atoms with E-state index in [2.05, 4.69) is 54.2 Å². The van der Waals surface area contributed by atoms with Gasteiger partial charge in [0.2, 0.25) is 5.91 Å². The summed E-state index contributed by atoms with van der Waals surface area (Å²) >= 11 is 0. The first-order valence-electron chi connectivity index (χ1n) is 13.9. The van der Waals surface area contributed by atoms with E-state index in [0.29, 0.717) is 43.5 Å². The zero-order valence-electron chi connectivity index (χ0n) is 23.3. The fourth-order valence-corrected chi connectivity index (χ4v) is 4.70. The van der Waals surface area contributed by atoms with Crippen molar-refractivity contribution in [3.8, 4) is 5.75 Å². The number of hydrogen-bond donors (Lipinski definition) is 1. The van der Waals surface area contributed by atoms with Crippen molar-refractivity contribution in [1.29, 1.82) is 0 Å². The summed E-state index contributed by atoms with van der Waals surface area (Å²) in [7, 11) is 0. The number of rotatable bonds is 15. The highest BCUT2D eigenvalue weighted by Crippen LogP contribution is 2.29. The summed E-state index contributed by atoms with van der Waals surface area (Å²) < 4.78 is 13.2. The van der Waals surface area contributed by atoms with Gasteiger partial charge in [-0.1, -0.05) is 51.3 Å². The van der Waals surface area contributed by atoms with Crippen LogP contribution in [-0.4, -0.2) is 29.7 Å². The molecule has 0 fully saturated rings. The van der Waals surface area contributed by atoms with Crippen LogP contribution in [-0.2, 0) is 14.3 Å². The van der Waals surface area contributed by atoms with Gasteiger partial charge >= 0.3 is 5.97 Å². The highest BCUT2D eigenvalue weighted by Gasteiger charge is 2.13. The number of anilines is 1. The number of ether oxygens (including phenoxy) is 2. The maximum absolute atomic E-state index is 12.9. The van der Waals surface area contributed by atoms with Crippen LogP contribution in [0.15, 0.2) is 60.8 Å². The number of carbonyl (C=O) groups is 2. The standard InChI is InChI=1S/C32H42N2O4/c1-5-8-13-27(12-6-2)34-20-19-26-23-25(17-18-29(26)34)24(4)22-31(35)33-28-14-9-10-15-30(28)38-21-11-16-32(36)37-7-3/h9-10,14-15,17-20,22-23,27H,5-8,11-13,16,21H2,1-4H3,(H,33,35)/b24-22+. The molecule has 38 heavy (non-hydrogen) atoms. The second-order valence-electron chi connectivity index (χ2n) is 9.65. The molecule has 1 amide bonds. The van der Waals surface area contributed by atoms with Crippen molar-refractivity contribution in [2.75, 3.05) is 18.5 Å². The Morgan fingerprint density at radius 3 is 2.58 bits per heavy atom. The van der Waals surface area contributed by atoms with E-state index in [1.807, 2.05) is 25.1 Å². The lowest BCUT2D eigenvalue weighted by Crippen LogP contribution is -2.11. The fourth-order valence-electron chi connectivity index (χ4n) is 4.70. The van der Waals surface area contributed by atoms with Crippen LogP contribution in [0, 0.1) is 0 Å². The molecular formula is C32H42N2O4. The van der Waals surface area contributed by atoms with E-state index in [4.69, 9.17) is 9.47 Å². The third-order valence-corrected chi connectivity index (χ3v) is 6.66. The zero-order valence-corrected chi connectivity index (χ0v) is 23.3. The maximum atomic E-state index is 12.9. The molecule has 3 rings (SSSR count). The summed E-state index contributed by atoms with van der Waals surface area (Å²) in [5.41, 5.74) is 3.75. The topological polar surface area (TPSA) is 69.6 Å². The number of allylic oxidation sites excluding steroid dienone is 1. The van der Waals surface area contributed by atoms with Gasteiger partial charge < -0.3 is 19.4 Å². The Labute approximate surface area is 227 Å². The van der Waals surface area contributed by atoms with E-state index in [1.54, 1.807) is 19.1 Å². The lowest BCUT2D eigenvalue weighted by molar-refractivity contribution is -0.143. The van der Waals surface area contributed by atoms with Crippen LogP contribution in [0.1, 0.15) is 84.2 Å². The SMILES string of the molecule is CCCCC(CCC)n1ccc2cc(/C(C)=C/C(=O)Nc3ccccc3OCCCC(=O)OCC)ccc21. The Kier molecular flexibility index (Phi) is 11.5. The summed E-state index contributed by atoms with van der Waals surface area (Å²) in [6.45, 7) is 8.97. The largest absolute Gasteiger partial charge is 0.491 e. The Balaban J connectivity index is 1.66. The highest BCUT2D eigenvalue weighted by molar-refractivity contribution is 6.04. The number of esters is 1. The molecule has 1 unspecified atom stereocenters. The molecule has 0 saturated carbocycles. The number of carbonyl (C=O) groups excluding carboxylic acids is 2. The van der Waals surface area contributed by atoms with E-state index in [-0.39, 0.29) is 11.9 Å². The molecule has 1 atom stereocenters. The van der Waals surface area contributed by atoms with Gasteiger partial charge in [0.15, 0.2) is 0 Å². The van der Waals surface area contributed by atoms with Gasteiger partial charge in [-0.15, -0.1) is 0 Å². The summed E-state index contributed by atoms with van der Waals surface area (Å²) in [5.74, 6) is 0.124. The molecule has 204 valence electrons. The molecule has 0 radical (unpaired) electrons. The van der Waals surface area contributed by atoms with Crippen molar-refractivity contribution in [2.45, 2.75) is 78.7 Å². The van der Waals surface area contributed by atoms with Crippen LogP contribution in [0.4, 0.5) is 5.69 Å². The number of nitrogens with one attached hydrogen (secondary N) is 1. The molecule has 0 bridgehead atoms. The molecule has 6 nitrogen and oxygen atoms in total. The molecule has 2 aromatic carbocycles. The van der Waals surface area contributed by atoms with Gasteiger partial charge in [-0.3, -0.25) is 9.59 Å². The molecule has 0 spiro atoms. The van der Waals surface area contributed by atoms with E-state index < -0.39 is 0 Å².